The lowest BCUT2D eigenvalue weighted by atomic mass is 10.1. The standard InChI is InChI=1S/C13H14F3N3S/c1-3-17-8(2)11-18-19-12(20-11)9-6-4-5-7-10(9)13(14,15)16/h4-8,17H,3H2,1-2H3. The van der Waals surface area contributed by atoms with Crippen molar-refractivity contribution in [2.24, 2.45) is 0 Å². The molecule has 1 aromatic carbocycles. The van der Waals surface area contributed by atoms with E-state index in [0.29, 0.717) is 5.01 Å². The average Bonchev–Trinajstić information content (AvgIpc) is 2.87. The molecule has 1 atom stereocenters. The predicted molar refractivity (Wildman–Crippen MR) is 72.4 cm³/mol. The number of rotatable bonds is 4. The molecular formula is C13H14F3N3S. The van der Waals surface area contributed by atoms with Crippen molar-refractivity contribution < 1.29 is 13.2 Å². The van der Waals surface area contributed by atoms with Crippen LogP contribution in [0.3, 0.4) is 0 Å². The van der Waals surface area contributed by atoms with Gasteiger partial charge < -0.3 is 5.32 Å². The lowest BCUT2D eigenvalue weighted by molar-refractivity contribution is -0.137. The molecule has 0 aliphatic heterocycles. The summed E-state index contributed by atoms with van der Waals surface area (Å²) < 4.78 is 38.9. The predicted octanol–water partition coefficient (Wildman–Crippen LogP) is 3.89. The van der Waals surface area contributed by atoms with Crippen LogP contribution >= 0.6 is 11.3 Å². The van der Waals surface area contributed by atoms with Crippen molar-refractivity contribution in [2.75, 3.05) is 6.54 Å². The summed E-state index contributed by atoms with van der Waals surface area (Å²) in [4.78, 5) is 0. The number of halogens is 3. The molecule has 2 rings (SSSR count). The monoisotopic (exact) mass is 301 g/mol. The normalized spacial score (nSPS) is 13.4. The molecule has 20 heavy (non-hydrogen) atoms. The van der Waals surface area contributed by atoms with Crippen LogP contribution in [0.15, 0.2) is 24.3 Å². The number of hydrogen-bond donors (Lipinski definition) is 1. The van der Waals surface area contributed by atoms with E-state index in [-0.39, 0.29) is 16.6 Å². The molecule has 3 nitrogen and oxygen atoms in total. The second kappa shape index (κ2) is 5.88. The van der Waals surface area contributed by atoms with Crippen molar-refractivity contribution in [1.29, 1.82) is 0 Å². The summed E-state index contributed by atoms with van der Waals surface area (Å²) in [5.74, 6) is 0. The van der Waals surface area contributed by atoms with Gasteiger partial charge in [0.05, 0.1) is 11.6 Å². The Hall–Kier alpha value is -1.47. The summed E-state index contributed by atoms with van der Waals surface area (Å²) in [5, 5.41) is 12.0. The summed E-state index contributed by atoms with van der Waals surface area (Å²) >= 11 is 1.18. The van der Waals surface area contributed by atoms with Crippen LogP contribution in [0.25, 0.3) is 10.6 Å². The van der Waals surface area contributed by atoms with Crippen LogP contribution < -0.4 is 5.32 Å². The van der Waals surface area contributed by atoms with Gasteiger partial charge >= 0.3 is 6.18 Å². The molecule has 7 heteroatoms. The van der Waals surface area contributed by atoms with Gasteiger partial charge in [0.2, 0.25) is 0 Å². The Labute approximate surface area is 118 Å². The topological polar surface area (TPSA) is 37.8 Å². The van der Waals surface area contributed by atoms with E-state index >= 15 is 0 Å². The zero-order chi connectivity index (χ0) is 14.8. The Morgan fingerprint density at radius 2 is 1.95 bits per heavy atom. The molecule has 0 aliphatic carbocycles. The fourth-order valence-electron chi connectivity index (χ4n) is 1.83. The SMILES string of the molecule is CCNC(C)c1nnc(-c2ccccc2C(F)(F)F)s1. The maximum Gasteiger partial charge on any atom is 0.417 e. The average molecular weight is 301 g/mol. The van der Waals surface area contributed by atoms with Crippen LogP contribution in [0.4, 0.5) is 13.2 Å². The van der Waals surface area contributed by atoms with Gasteiger partial charge in [-0.05, 0) is 19.5 Å². The maximum absolute atomic E-state index is 13.0. The molecule has 108 valence electrons. The second-order valence-electron chi connectivity index (χ2n) is 4.27. The summed E-state index contributed by atoms with van der Waals surface area (Å²) in [6.07, 6.45) is -4.39. The van der Waals surface area contributed by atoms with E-state index in [1.54, 1.807) is 6.07 Å². The Bertz CT molecular complexity index is 580. The molecule has 0 spiro atoms. The molecule has 2 aromatic rings. The molecule has 0 amide bonds. The largest absolute Gasteiger partial charge is 0.417 e. The van der Waals surface area contributed by atoms with Crippen molar-refractivity contribution in [3.05, 3.63) is 34.8 Å². The van der Waals surface area contributed by atoms with Crippen LogP contribution in [0.5, 0.6) is 0 Å². The molecule has 1 heterocycles. The van der Waals surface area contributed by atoms with E-state index in [2.05, 4.69) is 15.5 Å². The third-order valence-corrected chi connectivity index (χ3v) is 3.92. The fraction of sp³-hybridized carbons (Fsp3) is 0.385. The minimum absolute atomic E-state index is 0.0238. The van der Waals surface area contributed by atoms with Crippen molar-refractivity contribution in [1.82, 2.24) is 15.5 Å². The first-order valence-electron chi connectivity index (χ1n) is 6.17. The van der Waals surface area contributed by atoms with E-state index in [4.69, 9.17) is 0 Å². The minimum atomic E-state index is -4.39. The van der Waals surface area contributed by atoms with Crippen LogP contribution in [0, 0.1) is 0 Å². The molecule has 1 unspecified atom stereocenters. The summed E-state index contributed by atoms with van der Waals surface area (Å²) in [6, 6.07) is 5.40. The Balaban J connectivity index is 2.38. The molecule has 0 fully saturated rings. The number of benzene rings is 1. The first kappa shape index (κ1) is 14.9. The van der Waals surface area contributed by atoms with E-state index in [0.717, 1.165) is 12.6 Å². The zero-order valence-electron chi connectivity index (χ0n) is 11.0. The highest BCUT2D eigenvalue weighted by Gasteiger charge is 2.34. The van der Waals surface area contributed by atoms with Crippen molar-refractivity contribution >= 4 is 11.3 Å². The first-order chi connectivity index (χ1) is 9.43. The van der Waals surface area contributed by atoms with Gasteiger partial charge in [-0.25, -0.2) is 0 Å². The van der Waals surface area contributed by atoms with Crippen LogP contribution in [0.1, 0.15) is 30.5 Å². The van der Waals surface area contributed by atoms with E-state index in [9.17, 15) is 13.2 Å². The molecule has 0 radical (unpaired) electrons. The number of hydrogen-bond acceptors (Lipinski definition) is 4. The molecular weight excluding hydrogens is 287 g/mol. The number of nitrogens with zero attached hydrogens (tertiary/aromatic N) is 2. The molecule has 0 saturated carbocycles. The lowest BCUT2D eigenvalue weighted by Gasteiger charge is -2.10. The first-order valence-corrected chi connectivity index (χ1v) is 6.98. The summed E-state index contributed by atoms with van der Waals surface area (Å²) in [5.41, 5.74) is -0.605. The molecule has 0 bridgehead atoms. The van der Waals surface area contributed by atoms with Gasteiger partial charge in [0.15, 0.2) is 0 Å². The Morgan fingerprint density at radius 1 is 1.25 bits per heavy atom. The van der Waals surface area contributed by atoms with Gasteiger partial charge in [0.25, 0.3) is 0 Å². The third-order valence-electron chi connectivity index (χ3n) is 2.78. The fourth-order valence-corrected chi connectivity index (χ4v) is 2.74. The number of alkyl halides is 3. The van der Waals surface area contributed by atoms with Crippen LogP contribution in [-0.4, -0.2) is 16.7 Å². The second-order valence-corrected chi connectivity index (χ2v) is 5.28. The van der Waals surface area contributed by atoms with E-state index in [1.807, 2.05) is 13.8 Å². The summed E-state index contributed by atoms with van der Waals surface area (Å²) in [6.45, 7) is 4.62. The third kappa shape index (κ3) is 3.16. The van der Waals surface area contributed by atoms with Gasteiger partial charge in [-0.1, -0.05) is 36.5 Å². The van der Waals surface area contributed by atoms with Crippen LogP contribution in [-0.2, 0) is 6.18 Å². The van der Waals surface area contributed by atoms with Gasteiger partial charge in [0, 0.05) is 5.56 Å². The molecule has 1 N–H and O–H groups in total. The summed E-state index contributed by atoms with van der Waals surface area (Å²) in [7, 11) is 0. The Kier molecular flexibility index (Phi) is 4.39. The highest BCUT2D eigenvalue weighted by molar-refractivity contribution is 7.14. The van der Waals surface area contributed by atoms with Gasteiger partial charge in [0.1, 0.15) is 10.0 Å². The van der Waals surface area contributed by atoms with Crippen molar-refractivity contribution in [3.8, 4) is 10.6 Å². The van der Waals surface area contributed by atoms with Crippen molar-refractivity contribution in [2.45, 2.75) is 26.1 Å². The quantitative estimate of drug-likeness (QED) is 0.931. The van der Waals surface area contributed by atoms with E-state index in [1.165, 1.54) is 23.5 Å². The maximum atomic E-state index is 13.0. The van der Waals surface area contributed by atoms with Crippen molar-refractivity contribution in [3.63, 3.8) is 0 Å². The smallest absolute Gasteiger partial charge is 0.308 e. The molecule has 0 saturated heterocycles. The van der Waals surface area contributed by atoms with Gasteiger partial charge in [-0.3, -0.25) is 0 Å². The highest BCUT2D eigenvalue weighted by Crippen LogP contribution is 2.38. The number of aromatic nitrogens is 2. The highest BCUT2D eigenvalue weighted by atomic mass is 32.1. The van der Waals surface area contributed by atoms with Gasteiger partial charge in [-0.15, -0.1) is 10.2 Å². The molecule has 0 aliphatic rings. The minimum Gasteiger partial charge on any atom is -0.308 e. The van der Waals surface area contributed by atoms with E-state index < -0.39 is 11.7 Å². The van der Waals surface area contributed by atoms with Gasteiger partial charge in [-0.2, -0.15) is 13.2 Å². The van der Waals surface area contributed by atoms with Crippen LogP contribution in [0.2, 0.25) is 0 Å². The molecule has 1 aromatic heterocycles. The lowest BCUT2D eigenvalue weighted by Crippen LogP contribution is -2.17. The number of nitrogens with one attached hydrogen (secondary N) is 1. The Morgan fingerprint density at radius 3 is 2.60 bits per heavy atom. The zero-order valence-corrected chi connectivity index (χ0v) is 11.8.